The van der Waals surface area contributed by atoms with Crippen LogP contribution in [0.3, 0.4) is 0 Å². The maximum Gasteiger partial charge on any atom is 0.307 e. The summed E-state index contributed by atoms with van der Waals surface area (Å²) in [6.45, 7) is 1.56. The van der Waals surface area contributed by atoms with Gasteiger partial charge in [-0.2, -0.15) is 12.7 Å². The summed E-state index contributed by atoms with van der Waals surface area (Å²) in [4.78, 5) is 4.26. The van der Waals surface area contributed by atoms with Crippen LogP contribution in [0.15, 0.2) is 35.5 Å². The summed E-state index contributed by atoms with van der Waals surface area (Å²) in [6, 6.07) is 7.37. The Morgan fingerprint density at radius 3 is 2.81 bits per heavy atom. The molecule has 0 saturated carbocycles. The first-order chi connectivity index (χ1) is 9.98. The van der Waals surface area contributed by atoms with Gasteiger partial charge in [0.25, 0.3) is 0 Å². The Bertz CT molecular complexity index is 807. The molecular formula is C13H17N5O2S. The van der Waals surface area contributed by atoms with Gasteiger partial charge in [-0.05, 0) is 18.2 Å². The number of nitrogens with zero attached hydrogens (tertiary/aromatic N) is 3. The molecule has 0 saturated heterocycles. The molecule has 21 heavy (non-hydrogen) atoms. The SMILES string of the molecule is CN(C)S(=O)(=O)n1ccc2ccc(NC3=NCCN3)cc21. The quantitative estimate of drug-likeness (QED) is 0.873. The number of anilines is 1. The summed E-state index contributed by atoms with van der Waals surface area (Å²) < 4.78 is 27.1. The normalized spacial score (nSPS) is 15.3. The van der Waals surface area contributed by atoms with E-state index < -0.39 is 10.2 Å². The van der Waals surface area contributed by atoms with Crippen LogP contribution < -0.4 is 10.6 Å². The van der Waals surface area contributed by atoms with Crippen LogP contribution in [0.2, 0.25) is 0 Å². The van der Waals surface area contributed by atoms with E-state index in [1.54, 1.807) is 18.3 Å². The molecule has 2 heterocycles. The standard InChI is InChI=1S/C13H17N5O2S/c1-17(2)21(19,20)18-8-5-10-3-4-11(9-12(10)18)16-13-14-6-7-15-13/h3-5,8-9H,6-7H2,1-2H3,(H2,14,15,16). The van der Waals surface area contributed by atoms with Gasteiger partial charge >= 0.3 is 10.2 Å². The van der Waals surface area contributed by atoms with E-state index in [1.807, 2.05) is 12.1 Å². The smallest absolute Gasteiger partial charge is 0.307 e. The minimum absolute atomic E-state index is 0.632. The molecule has 0 aliphatic carbocycles. The van der Waals surface area contributed by atoms with Crippen LogP contribution in [0.4, 0.5) is 5.69 Å². The van der Waals surface area contributed by atoms with Crippen molar-refractivity contribution in [2.45, 2.75) is 0 Å². The molecule has 1 aromatic carbocycles. The van der Waals surface area contributed by atoms with E-state index in [4.69, 9.17) is 0 Å². The van der Waals surface area contributed by atoms with Crippen LogP contribution in [0.1, 0.15) is 0 Å². The zero-order valence-electron chi connectivity index (χ0n) is 11.9. The summed E-state index contributed by atoms with van der Waals surface area (Å²) in [6.07, 6.45) is 1.56. The Labute approximate surface area is 123 Å². The lowest BCUT2D eigenvalue weighted by atomic mass is 10.2. The highest BCUT2D eigenvalue weighted by Crippen LogP contribution is 2.22. The van der Waals surface area contributed by atoms with E-state index >= 15 is 0 Å². The number of guanidine groups is 1. The maximum absolute atomic E-state index is 12.3. The third kappa shape index (κ3) is 2.47. The lowest BCUT2D eigenvalue weighted by Gasteiger charge is -2.14. The van der Waals surface area contributed by atoms with E-state index in [0.717, 1.165) is 24.2 Å². The molecule has 0 radical (unpaired) electrons. The summed E-state index contributed by atoms with van der Waals surface area (Å²) >= 11 is 0. The van der Waals surface area contributed by atoms with Gasteiger partial charge in [0.1, 0.15) is 0 Å². The van der Waals surface area contributed by atoms with Crippen LogP contribution in [-0.2, 0) is 10.2 Å². The van der Waals surface area contributed by atoms with Crippen LogP contribution in [0.5, 0.6) is 0 Å². The largest absolute Gasteiger partial charge is 0.354 e. The second kappa shape index (κ2) is 5.05. The molecule has 2 aromatic rings. The molecule has 1 aliphatic rings. The van der Waals surface area contributed by atoms with Gasteiger partial charge in [-0.1, -0.05) is 6.07 Å². The Morgan fingerprint density at radius 2 is 2.14 bits per heavy atom. The Kier molecular flexibility index (Phi) is 3.34. The molecule has 0 unspecified atom stereocenters. The second-order valence-electron chi connectivity index (χ2n) is 4.96. The number of benzene rings is 1. The van der Waals surface area contributed by atoms with Crippen molar-refractivity contribution in [1.82, 2.24) is 13.6 Å². The van der Waals surface area contributed by atoms with Crippen LogP contribution in [0, 0.1) is 0 Å². The molecule has 0 bridgehead atoms. The molecule has 0 amide bonds. The number of aliphatic imine (C=N–C) groups is 1. The van der Waals surface area contributed by atoms with Gasteiger partial charge in [-0.25, -0.2) is 3.97 Å². The van der Waals surface area contributed by atoms with Crippen molar-refractivity contribution in [1.29, 1.82) is 0 Å². The van der Waals surface area contributed by atoms with Gasteiger partial charge in [0, 0.05) is 37.9 Å². The number of hydrogen-bond acceptors (Lipinski definition) is 5. The predicted molar refractivity (Wildman–Crippen MR) is 83.9 cm³/mol. The average Bonchev–Trinajstić information content (AvgIpc) is 3.07. The van der Waals surface area contributed by atoms with Crippen LogP contribution >= 0.6 is 0 Å². The molecule has 3 rings (SSSR count). The fraction of sp³-hybridized carbons (Fsp3) is 0.308. The van der Waals surface area contributed by atoms with Gasteiger partial charge in [-0.15, -0.1) is 0 Å². The lowest BCUT2D eigenvalue weighted by molar-refractivity contribution is 0.512. The van der Waals surface area contributed by atoms with Crippen LogP contribution in [-0.4, -0.2) is 49.8 Å². The Hall–Kier alpha value is -2.06. The highest BCUT2D eigenvalue weighted by Gasteiger charge is 2.18. The Morgan fingerprint density at radius 1 is 1.33 bits per heavy atom. The van der Waals surface area contributed by atoms with Crippen molar-refractivity contribution in [2.75, 3.05) is 32.5 Å². The molecule has 0 fully saturated rings. The molecular weight excluding hydrogens is 290 g/mol. The van der Waals surface area contributed by atoms with Gasteiger partial charge in [0.2, 0.25) is 0 Å². The first-order valence-corrected chi connectivity index (χ1v) is 7.98. The van der Waals surface area contributed by atoms with Crippen molar-refractivity contribution in [2.24, 2.45) is 4.99 Å². The molecule has 1 aliphatic heterocycles. The van der Waals surface area contributed by atoms with Crippen molar-refractivity contribution in [3.8, 4) is 0 Å². The van der Waals surface area contributed by atoms with E-state index in [-0.39, 0.29) is 0 Å². The number of aromatic nitrogens is 1. The predicted octanol–water partition coefficient (Wildman–Crippen LogP) is 0.667. The van der Waals surface area contributed by atoms with Crippen molar-refractivity contribution >= 4 is 32.8 Å². The van der Waals surface area contributed by atoms with Gasteiger partial charge < -0.3 is 10.6 Å². The third-order valence-corrected chi connectivity index (χ3v) is 5.04. The number of fused-ring (bicyclic) bond motifs is 1. The molecule has 0 spiro atoms. The number of rotatable bonds is 3. The molecule has 2 N–H and O–H groups in total. The fourth-order valence-electron chi connectivity index (χ4n) is 2.18. The Balaban J connectivity index is 2.04. The third-order valence-electron chi connectivity index (χ3n) is 3.30. The van der Waals surface area contributed by atoms with E-state index in [0.29, 0.717) is 11.5 Å². The minimum atomic E-state index is -3.53. The molecule has 0 atom stereocenters. The van der Waals surface area contributed by atoms with Gasteiger partial charge in [0.05, 0.1) is 12.1 Å². The fourth-order valence-corrected chi connectivity index (χ4v) is 3.15. The van der Waals surface area contributed by atoms with Gasteiger partial charge in [0.15, 0.2) is 5.96 Å². The van der Waals surface area contributed by atoms with E-state index in [1.165, 1.54) is 22.4 Å². The summed E-state index contributed by atoms with van der Waals surface area (Å²) in [5.74, 6) is 0.711. The maximum atomic E-state index is 12.3. The topological polar surface area (TPSA) is 78.7 Å². The summed E-state index contributed by atoms with van der Waals surface area (Å²) in [5, 5.41) is 7.13. The highest BCUT2D eigenvalue weighted by atomic mass is 32.2. The number of hydrogen-bond donors (Lipinski definition) is 2. The monoisotopic (exact) mass is 307 g/mol. The lowest BCUT2D eigenvalue weighted by Crippen LogP contribution is -2.28. The zero-order valence-corrected chi connectivity index (χ0v) is 12.7. The van der Waals surface area contributed by atoms with Crippen molar-refractivity contribution < 1.29 is 8.42 Å². The molecule has 8 heteroatoms. The highest BCUT2D eigenvalue weighted by molar-refractivity contribution is 7.87. The minimum Gasteiger partial charge on any atom is -0.354 e. The van der Waals surface area contributed by atoms with Gasteiger partial charge in [-0.3, -0.25) is 4.99 Å². The van der Waals surface area contributed by atoms with Crippen molar-refractivity contribution in [3.63, 3.8) is 0 Å². The van der Waals surface area contributed by atoms with Crippen molar-refractivity contribution in [3.05, 3.63) is 30.5 Å². The van der Waals surface area contributed by atoms with E-state index in [9.17, 15) is 8.42 Å². The molecule has 7 nitrogen and oxygen atoms in total. The molecule has 112 valence electrons. The first kappa shape index (κ1) is 13.9. The summed E-state index contributed by atoms with van der Waals surface area (Å²) in [7, 11) is -0.499. The van der Waals surface area contributed by atoms with Crippen LogP contribution in [0.25, 0.3) is 10.9 Å². The second-order valence-corrected chi connectivity index (χ2v) is 6.98. The van der Waals surface area contributed by atoms with E-state index in [2.05, 4.69) is 15.6 Å². The first-order valence-electron chi connectivity index (χ1n) is 6.58. The average molecular weight is 307 g/mol. The summed E-state index contributed by atoms with van der Waals surface area (Å²) in [5.41, 5.74) is 1.43. The zero-order chi connectivity index (χ0) is 15.0. The number of nitrogens with one attached hydrogen (secondary N) is 2. The molecule has 1 aromatic heterocycles.